The van der Waals surface area contributed by atoms with Crippen LogP contribution >= 0.6 is 0 Å². The number of fused-ring (bicyclic) bond motifs is 2. The van der Waals surface area contributed by atoms with Gasteiger partial charge in [0.25, 0.3) is 0 Å². The first-order chi connectivity index (χ1) is 10.6. The second-order valence-electron chi connectivity index (χ2n) is 5.70. The second kappa shape index (κ2) is 6.10. The Morgan fingerprint density at radius 2 is 1.82 bits per heavy atom. The lowest BCUT2D eigenvalue weighted by Crippen LogP contribution is -2.27. The molecule has 1 atom stereocenters. The maximum atomic E-state index is 12.7. The Balaban J connectivity index is 2.03. The quantitative estimate of drug-likeness (QED) is 0.942. The van der Waals surface area contributed by atoms with Crippen LogP contribution in [0.3, 0.4) is 0 Å². The highest BCUT2D eigenvalue weighted by atomic mass is 32.2. The number of aromatic hydroxyl groups is 1. The van der Waals surface area contributed by atoms with E-state index in [1.807, 2.05) is 24.3 Å². The molecule has 5 heteroatoms. The normalized spacial score (nSPS) is 16.5. The summed E-state index contributed by atoms with van der Waals surface area (Å²) in [4.78, 5) is 5.92. The van der Waals surface area contributed by atoms with Gasteiger partial charge >= 0.3 is 0 Å². The van der Waals surface area contributed by atoms with Gasteiger partial charge < -0.3 is 14.9 Å². The molecule has 116 valence electrons. The Bertz CT molecular complexity index is 716. The van der Waals surface area contributed by atoms with E-state index in [-0.39, 0.29) is 5.75 Å². The molecule has 0 saturated carbocycles. The second-order valence-corrected chi connectivity index (χ2v) is 7.11. The van der Waals surface area contributed by atoms with Gasteiger partial charge in [-0.3, -0.25) is 0 Å². The molecule has 1 N–H and O–H groups in total. The highest BCUT2D eigenvalue weighted by Gasteiger charge is 2.27. The minimum absolute atomic E-state index is 0.202. The Labute approximate surface area is 133 Å². The molecule has 0 bridgehead atoms. The lowest BCUT2D eigenvalue weighted by Gasteiger charge is -2.33. The third kappa shape index (κ3) is 2.74. The molecule has 0 spiro atoms. The molecule has 0 saturated heterocycles. The maximum Gasteiger partial charge on any atom is 0.117 e. The minimum Gasteiger partial charge on any atom is -0.508 e. The highest BCUT2D eigenvalue weighted by molar-refractivity contribution is 7.85. The summed E-state index contributed by atoms with van der Waals surface area (Å²) in [6.07, 6.45) is 0.989. The summed E-state index contributed by atoms with van der Waals surface area (Å²) >= 11 is 0. The van der Waals surface area contributed by atoms with Gasteiger partial charge in [-0.25, -0.2) is 4.21 Å². The largest absolute Gasteiger partial charge is 0.508 e. The van der Waals surface area contributed by atoms with Gasteiger partial charge in [-0.1, -0.05) is 12.1 Å². The van der Waals surface area contributed by atoms with Gasteiger partial charge in [-0.2, -0.15) is 0 Å². The Morgan fingerprint density at radius 3 is 2.59 bits per heavy atom. The molecular weight excluding hydrogens is 296 g/mol. The van der Waals surface area contributed by atoms with Crippen LogP contribution in [-0.4, -0.2) is 41.4 Å². The molecule has 2 aromatic rings. The summed E-state index contributed by atoms with van der Waals surface area (Å²) in [5.74, 6) is 0.202. The molecule has 1 aliphatic heterocycles. The molecule has 1 aliphatic rings. The molecule has 3 rings (SSSR count). The van der Waals surface area contributed by atoms with Crippen molar-refractivity contribution in [3.05, 3.63) is 42.5 Å². The average molecular weight is 316 g/mol. The van der Waals surface area contributed by atoms with Crippen molar-refractivity contribution in [1.82, 2.24) is 4.90 Å². The zero-order valence-corrected chi connectivity index (χ0v) is 13.6. The SMILES string of the molecule is CN(C)CCCN1c2ccccc2S(=O)c2ccc(O)cc21. The van der Waals surface area contributed by atoms with E-state index in [0.29, 0.717) is 0 Å². The summed E-state index contributed by atoms with van der Waals surface area (Å²) in [5.41, 5.74) is 1.81. The summed E-state index contributed by atoms with van der Waals surface area (Å²) in [5, 5.41) is 9.82. The predicted octanol–water partition coefficient (Wildman–Crippen LogP) is 2.96. The number of para-hydroxylation sites is 1. The average Bonchev–Trinajstić information content (AvgIpc) is 2.50. The lowest BCUT2D eigenvalue weighted by molar-refractivity contribution is 0.402. The molecule has 0 aliphatic carbocycles. The van der Waals surface area contributed by atoms with Gasteiger partial charge in [0.1, 0.15) is 5.75 Å². The first-order valence-electron chi connectivity index (χ1n) is 7.34. The van der Waals surface area contributed by atoms with Crippen LogP contribution in [0.2, 0.25) is 0 Å². The van der Waals surface area contributed by atoms with Crippen LogP contribution in [-0.2, 0) is 10.8 Å². The van der Waals surface area contributed by atoms with Crippen molar-refractivity contribution >= 4 is 22.2 Å². The Hall–Kier alpha value is -1.85. The van der Waals surface area contributed by atoms with Gasteiger partial charge in [0.15, 0.2) is 0 Å². The van der Waals surface area contributed by atoms with E-state index in [1.165, 1.54) is 0 Å². The molecular formula is C17H20N2O2S. The molecule has 22 heavy (non-hydrogen) atoms. The zero-order valence-electron chi connectivity index (χ0n) is 12.8. The van der Waals surface area contributed by atoms with Gasteiger partial charge in [-0.05, 0) is 51.3 Å². The van der Waals surface area contributed by atoms with E-state index < -0.39 is 10.8 Å². The topological polar surface area (TPSA) is 43.8 Å². The van der Waals surface area contributed by atoms with E-state index in [1.54, 1.807) is 18.2 Å². The van der Waals surface area contributed by atoms with Crippen LogP contribution in [0, 0.1) is 0 Å². The van der Waals surface area contributed by atoms with Crippen LogP contribution in [0.25, 0.3) is 0 Å². The van der Waals surface area contributed by atoms with Crippen LogP contribution in [0.4, 0.5) is 11.4 Å². The third-order valence-electron chi connectivity index (χ3n) is 3.78. The van der Waals surface area contributed by atoms with Gasteiger partial charge in [0.2, 0.25) is 0 Å². The molecule has 1 unspecified atom stereocenters. The number of hydrogen-bond acceptors (Lipinski definition) is 4. The van der Waals surface area contributed by atoms with Gasteiger partial charge in [0, 0.05) is 12.6 Å². The van der Waals surface area contributed by atoms with Crippen molar-refractivity contribution in [2.24, 2.45) is 0 Å². The Kier molecular flexibility index (Phi) is 4.18. The van der Waals surface area contributed by atoms with Crippen molar-refractivity contribution in [1.29, 1.82) is 0 Å². The monoisotopic (exact) mass is 316 g/mol. The van der Waals surface area contributed by atoms with Gasteiger partial charge in [-0.15, -0.1) is 0 Å². The molecule has 0 fully saturated rings. The molecule has 0 amide bonds. The van der Waals surface area contributed by atoms with Crippen molar-refractivity contribution in [2.45, 2.75) is 16.2 Å². The van der Waals surface area contributed by atoms with Crippen LogP contribution in [0.1, 0.15) is 6.42 Å². The van der Waals surface area contributed by atoms with E-state index in [9.17, 15) is 9.32 Å². The van der Waals surface area contributed by atoms with E-state index in [0.717, 1.165) is 40.7 Å². The number of benzene rings is 2. The van der Waals surface area contributed by atoms with Crippen LogP contribution in [0.5, 0.6) is 5.75 Å². The molecule has 0 radical (unpaired) electrons. The maximum absolute atomic E-state index is 12.7. The molecule has 0 aromatic heterocycles. The predicted molar refractivity (Wildman–Crippen MR) is 89.4 cm³/mol. The third-order valence-corrected chi connectivity index (χ3v) is 5.27. The first kappa shape index (κ1) is 15.1. The summed E-state index contributed by atoms with van der Waals surface area (Å²) in [7, 11) is 2.91. The highest BCUT2D eigenvalue weighted by Crippen LogP contribution is 2.43. The first-order valence-corrected chi connectivity index (χ1v) is 8.49. The number of rotatable bonds is 4. The van der Waals surface area contributed by atoms with Crippen molar-refractivity contribution in [3.63, 3.8) is 0 Å². The number of phenolic OH excluding ortho intramolecular Hbond substituents is 1. The minimum atomic E-state index is -1.20. The zero-order chi connectivity index (χ0) is 15.7. The van der Waals surface area contributed by atoms with Gasteiger partial charge in [0.05, 0.1) is 32.0 Å². The fraction of sp³-hybridized carbons (Fsp3) is 0.294. The van der Waals surface area contributed by atoms with E-state index in [4.69, 9.17) is 0 Å². The number of nitrogens with zero attached hydrogens (tertiary/aromatic N) is 2. The standard InChI is InChI=1S/C17H20N2O2S/c1-18(2)10-5-11-19-14-6-3-4-7-16(14)22(21)17-9-8-13(20)12-15(17)19/h3-4,6-9,12,20H,5,10-11H2,1-2H3. The van der Waals surface area contributed by atoms with Crippen molar-refractivity contribution in [2.75, 3.05) is 32.1 Å². The molecule has 1 heterocycles. The van der Waals surface area contributed by atoms with E-state index >= 15 is 0 Å². The lowest BCUT2D eigenvalue weighted by atomic mass is 10.2. The van der Waals surface area contributed by atoms with Crippen LogP contribution in [0.15, 0.2) is 52.3 Å². The Morgan fingerprint density at radius 1 is 1.09 bits per heavy atom. The van der Waals surface area contributed by atoms with E-state index in [2.05, 4.69) is 23.9 Å². The fourth-order valence-electron chi connectivity index (χ4n) is 2.74. The fourth-order valence-corrected chi connectivity index (χ4v) is 4.10. The summed E-state index contributed by atoms with van der Waals surface area (Å²) in [6.45, 7) is 1.80. The van der Waals surface area contributed by atoms with Crippen molar-refractivity contribution < 1.29 is 9.32 Å². The molecule has 4 nitrogen and oxygen atoms in total. The number of phenols is 1. The van der Waals surface area contributed by atoms with Crippen molar-refractivity contribution in [3.8, 4) is 5.75 Å². The number of hydrogen-bond donors (Lipinski definition) is 1. The molecule has 2 aromatic carbocycles. The van der Waals surface area contributed by atoms with Crippen LogP contribution < -0.4 is 4.90 Å². The smallest absolute Gasteiger partial charge is 0.117 e. The summed E-state index contributed by atoms with van der Waals surface area (Å²) in [6, 6.07) is 12.9. The number of anilines is 2. The summed E-state index contributed by atoms with van der Waals surface area (Å²) < 4.78 is 12.7.